The number of carboxylic acids is 1. The predicted molar refractivity (Wildman–Crippen MR) is 107 cm³/mol. The number of benzene rings is 2. The van der Waals surface area contributed by atoms with E-state index in [1.165, 1.54) is 11.1 Å². The minimum absolute atomic E-state index is 0.286. The maximum Gasteiger partial charge on any atom is 0.335 e. The molecule has 4 heteroatoms. The summed E-state index contributed by atoms with van der Waals surface area (Å²) in [5, 5.41) is 9.03. The fourth-order valence-electron chi connectivity index (χ4n) is 3.44. The van der Waals surface area contributed by atoms with Gasteiger partial charge < -0.3 is 14.8 Å². The molecule has 0 fully saturated rings. The number of hydrogen-bond donors (Lipinski definition) is 2. The summed E-state index contributed by atoms with van der Waals surface area (Å²) in [4.78, 5) is 14.3. The monoisotopic (exact) mass is 359 g/mol. The minimum Gasteiger partial charge on any atom is -0.488 e. The molecule has 1 aliphatic rings. The molecular weight excluding hydrogens is 338 g/mol. The van der Waals surface area contributed by atoms with Gasteiger partial charge in [0.1, 0.15) is 12.4 Å². The number of aromatic nitrogens is 1. The molecule has 3 aromatic rings. The van der Waals surface area contributed by atoms with Crippen LogP contribution >= 0.6 is 0 Å². The lowest BCUT2D eigenvalue weighted by Gasteiger charge is -2.20. The van der Waals surface area contributed by atoms with E-state index in [0.29, 0.717) is 6.61 Å². The summed E-state index contributed by atoms with van der Waals surface area (Å²) < 4.78 is 5.99. The van der Waals surface area contributed by atoms with E-state index in [1.54, 1.807) is 12.1 Å². The van der Waals surface area contributed by atoms with Crippen molar-refractivity contribution in [3.63, 3.8) is 0 Å². The van der Waals surface area contributed by atoms with Crippen LogP contribution in [-0.4, -0.2) is 22.7 Å². The average Bonchev–Trinajstić information content (AvgIpc) is 3.18. The minimum atomic E-state index is -0.917. The third kappa shape index (κ3) is 3.38. The van der Waals surface area contributed by atoms with Gasteiger partial charge in [-0.25, -0.2) is 4.79 Å². The zero-order valence-electron chi connectivity index (χ0n) is 15.2. The van der Waals surface area contributed by atoms with Gasteiger partial charge in [-0.15, -0.1) is 0 Å². The van der Waals surface area contributed by atoms with Crippen molar-refractivity contribution in [3.05, 3.63) is 77.0 Å². The lowest BCUT2D eigenvalue weighted by Crippen LogP contribution is -2.07. The molecule has 0 atom stereocenters. The van der Waals surface area contributed by atoms with E-state index in [9.17, 15) is 4.79 Å². The first-order valence-electron chi connectivity index (χ1n) is 9.13. The molecule has 0 saturated heterocycles. The van der Waals surface area contributed by atoms with Crippen LogP contribution in [0.5, 0.6) is 5.75 Å². The van der Waals surface area contributed by atoms with Gasteiger partial charge in [0, 0.05) is 17.5 Å². The average molecular weight is 359 g/mol. The summed E-state index contributed by atoms with van der Waals surface area (Å²) in [6.07, 6.45) is 6.33. The Balaban J connectivity index is 1.65. The number of ether oxygens (including phenoxy) is 1. The van der Waals surface area contributed by atoms with Gasteiger partial charge in [-0.05, 0) is 59.0 Å². The van der Waals surface area contributed by atoms with Crippen molar-refractivity contribution >= 4 is 17.6 Å². The summed E-state index contributed by atoms with van der Waals surface area (Å²) in [7, 11) is 0. The van der Waals surface area contributed by atoms with Crippen molar-refractivity contribution in [1.82, 2.24) is 4.98 Å². The SMILES string of the molecule is CCCc1cccc2c1C=C(c1c[nH]c(-c3ccc(C(=O)O)cc3)c1)CO2. The van der Waals surface area contributed by atoms with E-state index < -0.39 is 5.97 Å². The van der Waals surface area contributed by atoms with Crippen LogP contribution in [0.25, 0.3) is 22.9 Å². The van der Waals surface area contributed by atoms with Gasteiger partial charge in [0.15, 0.2) is 0 Å². The van der Waals surface area contributed by atoms with Gasteiger partial charge in [-0.1, -0.05) is 37.6 Å². The summed E-state index contributed by atoms with van der Waals surface area (Å²) >= 11 is 0. The Morgan fingerprint density at radius 1 is 1.15 bits per heavy atom. The number of carbonyl (C=O) groups is 1. The van der Waals surface area contributed by atoms with E-state index >= 15 is 0 Å². The largest absolute Gasteiger partial charge is 0.488 e. The zero-order chi connectivity index (χ0) is 18.8. The molecule has 2 heterocycles. The Morgan fingerprint density at radius 3 is 2.70 bits per heavy atom. The highest BCUT2D eigenvalue weighted by Crippen LogP contribution is 2.34. The van der Waals surface area contributed by atoms with Crippen LogP contribution in [0.15, 0.2) is 54.7 Å². The Kier molecular flexibility index (Phi) is 4.55. The standard InChI is InChI=1S/C23H21NO3/c1-2-4-15-5-3-6-22-20(15)11-19(14-27-22)18-12-21(24-13-18)16-7-9-17(10-8-16)23(25)26/h3,5-13,24H,2,4,14H2,1H3,(H,25,26). The molecule has 2 N–H and O–H groups in total. The molecular formula is C23H21NO3. The maximum atomic E-state index is 11.0. The second-order valence-corrected chi connectivity index (χ2v) is 6.72. The number of carboxylic acid groups (broad SMARTS) is 1. The predicted octanol–water partition coefficient (Wildman–Crippen LogP) is 5.27. The topological polar surface area (TPSA) is 62.3 Å². The Hall–Kier alpha value is -3.27. The first-order valence-corrected chi connectivity index (χ1v) is 9.13. The van der Waals surface area contributed by atoms with E-state index in [0.717, 1.165) is 41.0 Å². The van der Waals surface area contributed by atoms with E-state index in [4.69, 9.17) is 9.84 Å². The molecule has 0 radical (unpaired) electrons. The first-order chi connectivity index (χ1) is 13.2. The van der Waals surface area contributed by atoms with E-state index in [-0.39, 0.29) is 5.56 Å². The van der Waals surface area contributed by atoms with Crippen molar-refractivity contribution in [2.45, 2.75) is 19.8 Å². The van der Waals surface area contributed by atoms with Gasteiger partial charge in [0.25, 0.3) is 0 Å². The summed E-state index contributed by atoms with van der Waals surface area (Å²) in [6.45, 7) is 2.72. The summed E-state index contributed by atoms with van der Waals surface area (Å²) in [6, 6.07) is 15.2. The first kappa shape index (κ1) is 17.2. The van der Waals surface area contributed by atoms with Crippen LogP contribution in [0.2, 0.25) is 0 Å². The number of nitrogens with one attached hydrogen (secondary N) is 1. The van der Waals surface area contributed by atoms with Crippen LogP contribution in [0.3, 0.4) is 0 Å². The van der Waals surface area contributed by atoms with Crippen LogP contribution in [0.1, 0.15) is 40.4 Å². The third-order valence-electron chi connectivity index (χ3n) is 4.87. The maximum absolute atomic E-state index is 11.0. The molecule has 1 aromatic heterocycles. The van der Waals surface area contributed by atoms with Crippen LogP contribution in [-0.2, 0) is 6.42 Å². The van der Waals surface area contributed by atoms with Crippen LogP contribution < -0.4 is 4.74 Å². The quantitative estimate of drug-likeness (QED) is 0.653. The third-order valence-corrected chi connectivity index (χ3v) is 4.87. The highest BCUT2D eigenvalue weighted by Gasteiger charge is 2.16. The van der Waals surface area contributed by atoms with Gasteiger partial charge in [-0.3, -0.25) is 0 Å². The van der Waals surface area contributed by atoms with Crippen molar-refractivity contribution in [1.29, 1.82) is 0 Å². The molecule has 0 amide bonds. The van der Waals surface area contributed by atoms with Crippen LogP contribution in [0.4, 0.5) is 0 Å². The van der Waals surface area contributed by atoms with E-state index in [2.05, 4.69) is 36.2 Å². The highest BCUT2D eigenvalue weighted by molar-refractivity contribution is 5.89. The number of H-pyrrole nitrogens is 1. The number of aryl methyl sites for hydroxylation is 1. The molecule has 0 aliphatic carbocycles. The molecule has 4 rings (SSSR count). The molecule has 136 valence electrons. The number of fused-ring (bicyclic) bond motifs is 1. The van der Waals surface area contributed by atoms with Crippen molar-refractivity contribution in [3.8, 4) is 17.0 Å². The molecule has 4 nitrogen and oxygen atoms in total. The molecule has 0 bridgehead atoms. The fourth-order valence-corrected chi connectivity index (χ4v) is 3.44. The van der Waals surface area contributed by atoms with Crippen molar-refractivity contribution in [2.75, 3.05) is 6.61 Å². The Morgan fingerprint density at radius 2 is 1.96 bits per heavy atom. The van der Waals surface area contributed by atoms with Crippen LogP contribution in [0, 0.1) is 0 Å². The second kappa shape index (κ2) is 7.16. The van der Waals surface area contributed by atoms with Crippen molar-refractivity contribution < 1.29 is 14.6 Å². The van der Waals surface area contributed by atoms with Gasteiger partial charge >= 0.3 is 5.97 Å². The molecule has 0 unspecified atom stereocenters. The lowest BCUT2D eigenvalue weighted by molar-refractivity contribution is 0.0697. The highest BCUT2D eigenvalue weighted by atomic mass is 16.5. The molecule has 0 saturated carbocycles. The number of rotatable bonds is 5. The van der Waals surface area contributed by atoms with Gasteiger partial charge in [0.05, 0.1) is 5.56 Å². The number of hydrogen-bond acceptors (Lipinski definition) is 2. The zero-order valence-corrected chi connectivity index (χ0v) is 15.2. The molecule has 1 aliphatic heterocycles. The number of aromatic carboxylic acids is 1. The summed E-state index contributed by atoms with van der Waals surface area (Å²) in [5.74, 6) is 0.0319. The normalized spacial score (nSPS) is 12.9. The van der Waals surface area contributed by atoms with Crippen molar-refractivity contribution in [2.24, 2.45) is 0 Å². The Bertz CT molecular complexity index is 1010. The van der Waals surface area contributed by atoms with E-state index in [1.807, 2.05) is 24.4 Å². The van der Waals surface area contributed by atoms with Gasteiger partial charge in [0.2, 0.25) is 0 Å². The molecule has 27 heavy (non-hydrogen) atoms. The second-order valence-electron chi connectivity index (χ2n) is 6.72. The molecule has 0 spiro atoms. The number of aromatic amines is 1. The molecule has 2 aromatic carbocycles. The Labute approximate surface area is 158 Å². The lowest BCUT2D eigenvalue weighted by atomic mass is 9.96. The van der Waals surface area contributed by atoms with Gasteiger partial charge in [-0.2, -0.15) is 0 Å². The smallest absolute Gasteiger partial charge is 0.335 e. The fraction of sp³-hybridized carbons (Fsp3) is 0.174. The summed E-state index contributed by atoms with van der Waals surface area (Å²) in [5.41, 5.74) is 6.90.